The molecule has 5 nitrogen and oxygen atoms in total. The molecule has 2 heterocycles. The molecule has 4 rings (SSSR count). The first kappa shape index (κ1) is 15.6. The number of anilines is 1. The van der Waals surface area contributed by atoms with Gasteiger partial charge < -0.3 is 9.84 Å². The third-order valence-electron chi connectivity index (χ3n) is 3.97. The molecule has 0 aliphatic heterocycles. The van der Waals surface area contributed by atoms with Crippen molar-refractivity contribution in [2.75, 3.05) is 5.32 Å². The zero-order valence-electron chi connectivity index (χ0n) is 13.5. The average Bonchev–Trinajstić information content (AvgIpc) is 3.07. The zero-order valence-corrected chi connectivity index (χ0v) is 14.3. The van der Waals surface area contributed by atoms with Gasteiger partial charge in [-0.15, -0.1) is 0 Å². The first-order valence-corrected chi connectivity index (χ1v) is 8.24. The zero-order chi connectivity index (χ0) is 17.2. The van der Waals surface area contributed by atoms with Gasteiger partial charge >= 0.3 is 0 Å². The smallest absolute Gasteiger partial charge is 0.263 e. The van der Waals surface area contributed by atoms with Crippen LogP contribution in [-0.4, -0.2) is 15.1 Å². The highest BCUT2D eigenvalue weighted by Crippen LogP contribution is 2.31. The molecule has 0 unspecified atom stereocenters. The summed E-state index contributed by atoms with van der Waals surface area (Å²) in [5.41, 5.74) is 4.44. The second-order valence-corrected chi connectivity index (χ2v) is 6.22. The Balaban J connectivity index is 1.70. The van der Waals surface area contributed by atoms with Crippen LogP contribution in [0.1, 0.15) is 11.1 Å². The number of nitrogens with one attached hydrogen (secondary N) is 1. The molecule has 0 aliphatic carbocycles. The van der Waals surface area contributed by atoms with E-state index >= 15 is 0 Å². The number of aryl methyl sites for hydroxylation is 1. The molecule has 2 aromatic heterocycles. The SMILES string of the molecule is Cc1ccc(CNc2ncnc3onc(-c4ccc(Cl)cc4)c23)cc1. The number of hydrogen-bond donors (Lipinski definition) is 1. The van der Waals surface area contributed by atoms with Crippen LogP contribution in [0.25, 0.3) is 22.4 Å². The second-order valence-electron chi connectivity index (χ2n) is 5.78. The molecule has 6 heteroatoms. The number of rotatable bonds is 4. The first-order chi connectivity index (χ1) is 12.2. The topological polar surface area (TPSA) is 63.8 Å². The van der Waals surface area contributed by atoms with Crippen molar-refractivity contribution in [2.45, 2.75) is 13.5 Å². The van der Waals surface area contributed by atoms with Crippen molar-refractivity contribution < 1.29 is 4.52 Å². The molecule has 0 amide bonds. The minimum Gasteiger partial charge on any atom is -0.365 e. The van der Waals surface area contributed by atoms with Crippen molar-refractivity contribution in [3.05, 3.63) is 71.0 Å². The Morgan fingerprint density at radius 3 is 2.52 bits per heavy atom. The lowest BCUT2D eigenvalue weighted by molar-refractivity contribution is 0.451. The van der Waals surface area contributed by atoms with Gasteiger partial charge in [0.05, 0.1) is 0 Å². The quantitative estimate of drug-likeness (QED) is 0.569. The Kier molecular flexibility index (Phi) is 4.07. The van der Waals surface area contributed by atoms with Crippen molar-refractivity contribution in [1.29, 1.82) is 0 Å². The van der Waals surface area contributed by atoms with Crippen LogP contribution in [0.2, 0.25) is 5.02 Å². The number of hydrogen-bond acceptors (Lipinski definition) is 5. The predicted molar refractivity (Wildman–Crippen MR) is 98.6 cm³/mol. The lowest BCUT2D eigenvalue weighted by atomic mass is 10.1. The maximum atomic E-state index is 5.97. The van der Waals surface area contributed by atoms with E-state index in [0.717, 1.165) is 10.9 Å². The van der Waals surface area contributed by atoms with E-state index in [4.69, 9.17) is 16.1 Å². The van der Waals surface area contributed by atoms with Gasteiger partial charge in [-0.2, -0.15) is 4.98 Å². The molecule has 0 saturated heterocycles. The van der Waals surface area contributed by atoms with E-state index in [2.05, 4.69) is 51.6 Å². The summed E-state index contributed by atoms with van der Waals surface area (Å²) in [4.78, 5) is 8.53. The van der Waals surface area contributed by atoms with E-state index in [-0.39, 0.29) is 0 Å². The Morgan fingerprint density at radius 2 is 1.76 bits per heavy atom. The Hall–Kier alpha value is -2.92. The molecular weight excluding hydrogens is 336 g/mol. The summed E-state index contributed by atoms with van der Waals surface area (Å²) >= 11 is 5.97. The van der Waals surface area contributed by atoms with Gasteiger partial charge in [-0.3, -0.25) is 0 Å². The maximum Gasteiger partial charge on any atom is 0.263 e. The van der Waals surface area contributed by atoms with Crippen LogP contribution < -0.4 is 5.32 Å². The van der Waals surface area contributed by atoms with Gasteiger partial charge in [0.25, 0.3) is 5.71 Å². The maximum absolute atomic E-state index is 5.97. The molecule has 0 radical (unpaired) electrons. The van der Waals surface area contributed by atoms with Gasteiger partial charge in [0, 0.05) is 17.1 Å². The Labute approximate surface area is 149 Å². The number of fused-ring (bicyclic) bond motifs is 1. The van der Waals surface area contributed by atoms with Crippen molar-refractivity contribution in [3.8, 4) is 11.3 Å². The fourth-order valence-corrected chi connectivity index (χ4v) is 2.74. The average molecular weight is 351 g/mol. The summed E-state index contributed by atoms with van der Waals surface area (Å²) in [6.45, 7) is 2.72. The number of nitrogens with zero attached hydrogens (tertiary/aromatic N) is 3. The van der Waals surface area contributed by atoms with E-state index in [1.54, 1.807) is 0 Å². The molecule has 25 heavy (non-hydrogen) atoms. The summed E-state index contributed by atoms with van der Waals surface area (Å²) in [5, 5.41) is 8.95. The monoisotopic (exact) mass is 350 g/mol. The highest BCUT2D eigenvalue weighted by molar-refractivity contribution is 6.30. The predicted octanol–water partition coefficient (Wildman–Crippen LogP) is 4.86. The van der Waals surface area contributed by atoms with Crippen molar-refractivity contribution in [2.24, 2.45) is 0 Å². The number of aromatic nitrogens is 3. The van der Waals surface area contributed by atoms with E-state index in [1.807, 2.05) is 24.3 Å². The van der Waals surface area contributed by atoms with Crippen molar-refractivity contribution in [1.82, 2.24) is 15.1 Å². The molecule has 0 saturated carbocycles. The molecule has 2 aromatic carbocycles. The van der Waals surface area contributed by atoms with E-state index in [9.17, 15) is 0 Å². The normalized spacial score (nSPS) is 11.0. The van der Waals surface area contributed by atoms with Crippen LogP contribution in [0, 0.1) is 6.92 Å². The largest absolute Gasteiger partial charge is 0.365 e. The van der Waals surface area contributed by atoms with Gasteiger partial charge in [0.15, 0.2) is 0 Å². The highest BCUT2D eigenvalue weighted by atomic mass is 35.5. The molecule has 124 valence electrons. The van der Waals surface area contributed by atoms with Gasteiger partial charge in [0.1, 0.15) is 23.2 Å². The molecular formula is C19H15ClN4O. The molecule has 4 aromatic rings. The molecule has 0 bridgehead atoms. The van der Waals surface area contributed by atoms with Crippen LogP contribution in [0.5, 0.6) is 0 Å². The Bertz CT molecular complexity index is 1010. The minimum absolute atomic E-state index is 0.450. The van der Waals surface area contributed by atoms with Crippen LogP contribution in [-0.2, 0) is 6.54 Å². The number of benzene rings is 2. The van der Waals surface area contributed by atoms with Gasteiger partial charge in [-0.1, -0.05) is 58.7 Å². The standard InChI is InChI=1S/C19H15ClN4O/c1-12-2-4-13(5-3-12)10-21-18-16-17(14-6-8-15(20)9-7-14)24-25-19(16)23-11-22-18/h2-9,11H,10H2,1H3,(H,21,22,23). The van der Waals surface area contributed by atoms with E-state index in [0.29, 0.717) is 28.8 Å². The number of halogens is 1. The first-order valence-electron chi connectivity index (χ1n) is 7.86. The Morgan fingerprint density at radius 1 is 1.00 bits per heavy atom. The molecule has 0 spiro atoms. The molecule has 1 N–H and O–H groups in total. The molecule has 0 fully saturated rings. The fraction of sp³-hybridized carbons (Fsp3) is 0.105. The summed E-state index contributed by atoms with van der Waals surface area (Å²) < 4.78 is 5.37. The van der Waals surface area contributed by atoms with Crippen LogP contribution in [0.4, 0.5) is 5.82 Å². The fourth-order valence-electron chi connectivity index (χ4n) is 2.62. The lowest BCUT2D eigenvalue weighted by Crippen LogP contribution is -2.02. The van der Waals surface area contributed by atoms with Crippen molar-refractivity contribution in [3.63, 3.8) is 0 Å². The highest BCUT2D eigenvalue weighted by Gasteiger charge is 2.16. The summed E-state index contributed by atoms with van der Waals surface area (Å²) in [6, 6.07) is 15.8. The third-order valence-corrected chi connectivity index (χ3v) is 4.22. The van der Waals surface area contributed by atoms with Crippen LogP contribution >= 0.6 is 11.6 Å². The van der Waals surface area contributed by atoms with Crippen LogP contribution in [0.3, 0.4) is 0 Å². The van der Waals surface area contributed by atoms with E-state index < -0.39 is 0 Å². The minimum atomic E-state index is 0.450. The molecule has 0 aliphatic rings. The van der Waals surface area contributed by atoms with Gasteiger partial charge in [-0.25, -0.2) is 4.98 Å². The second kappa shape index (κ2) is 6.53. The molecule has 0 atom stereocenters. The van der Waals surface area contributed by atoms with Gasteiger partial charge in [0.2, 0.25) is 0 Å². The summed E-state index contributed by atoms with van der Waals surface area (Å²) in [6.07, 6.45) is 1.47. The third kappa shape index (κ3) is 3.19. The lowest BCUT2D eigenvalue weighted by Gasteiger charge is -2.07. The van der Waals surface area contributed by atoms with Gasteiger partial charge in [-0.05, 0) is 24.6 Å². The van der Waals surface area contributed by atoms with E-state index in [1.165, 1.54) is 17.5 Å². The summed E-state index contributed by atoms with van der Waals surface area (Å²) in [5.74, 6) is 0.691. The summed E-state index contributed by atoms with van der Waals surface area (Å²) in [7, 11) is 0. The van der Waals surface area contributed by atoms with Crippen LogP contribution in [0.15, 0.2) is 59.4 Å². The van der Waals surface area contributed by atoms with Crippen molar-refractivity contribution >= 4 is 28.5 Å².